The second-order valence-electron chi connectivity index (χ2n) is 4.90. The minimum Gasteiger partial charge on any atom is -0.478 e. The molecule has 1 saturated carbocycles. The molecule has 5 heteroatoms. The first-order valence-corrected chi connectivity index (χ1v) is 6.51. The predicted molar refractivity (Wildman–Crippen MR) is 68.8 cm³/mol. The van der Waals surface area contributed by atoms with Crippen molar-refractivity contribution in [1.82, 2.24) is 9.97 Å². The summed E-state index contributed by atoms with van der Waals surface area (Å²) < 4.78 is 11.2. The van der Waals surface area contributed by atoms with Gasteiger partial charge >= 0.3 is 0 Å². The van der Waals surface area contributed by atoms with Crippen LogP contribution in [0.4, 0.5) is 0 Å². The van der Waals surface area contributed by atoms with Crippen molar-refractivity contribution in [2.75, 3.05) is 13.2 Å². The van der Waals surface area contributed by atoms with Crippen LogP contribution >= 0.6 is 0 Å². The molecule has 0 spiro atoms. The third-order valence-corrected chi connectivity index (χ3v) is 3.37. The Balaban J connectivity index is 2.02. The Kier molecular flexibility index (Phi) is 4.01. The molecule has 0 amide bonds. The molecule has 0 unspecified atom stereocenters. The van der Waals surface area contributed by atoms with Crippen LogP contribution < -0.4 is 15.2 Å². The standard InChI is InChI=1S/C13H21N3O2/c1-3-17-11-10(2)12(16-9-15-11)18-8-13(14)6-4-5-7-13/h9H,3-8,14H2,1-2H3. The van der Waals surface area contributed by atoms with Gasteiger partial charge in [0, 0.05) is 0 Å². The van der Waals surface area contributed by atoms with E-state index in [-0.39, 0.29) is 5.54 Å². The van der Waals surface area contributed by atoms with E-state index >= 15 is 0 Å². The molecule has 1 fully saturated rings. The molecule has 0 aliphatic heterocycles. The van der Waals surface area contributed by atoms with Gasteiger partial charge in [-0.2, -0.15) is 0 Å². The van der Waals surface area contributed by atoms with Gasteiger partial charge in [0.05, 0.1) is 17.7 Å². The number of hydrogen-bond acceptors (Lipinski definition) is 5. The normalized spacial score (nSPS) is 17.7. The molecule has 0 radical (unpaired) electrons. The van der Waals surface area contributed by atoms with Gasteiger partial charge in [0.15, 0.2) is 0 Å². The zero-order valence-electron chi connectivity index (χ0n) is 11.1. The zero-order valence-corrected chi connectivity index (χ0v) is 11.1. The molecule has 0 saturated heterocycles. The van der Waals surface area contributed by atoms with Crippen LogP contribution in [0.2, 0.25) is 0 Å². The lowest BCUT2D eigenvalue weighted by atomic mass is 10.0. The Hall–Kier alpha value is -1.36. The quantitative estimate of drug-likeness (QED) is 0.864. The summed E-state index contributed by atoms with van der Waals surface area (Å²) in [6.45, 7) is 4.92. The lowest BCUT2D eigenvalue weighted by Gasteiger charge is -2.23. The van der Waals surface area contributed by atoms with E-state index in [0.717, 1.165) is 18.4 Å². The predicted octanol–water partition coefficient (Wildman–Crippen LogP) is 1.83. The maximum absolute atomic E-state index is 6.25. The highest BCUT2D eigenvalue weighted by atomic mass is 16.5. The van der Waals surface area contributed by atoms with E-state index in [1.807, 2.05) is 13.8 Å². The third kappa shape index (κ3) is 2.90. The monoisotopic (exact) mass is 251 g/mol. The molecular weight excluding hydrogens is 230 g/mol. The number of ether oxygens (including phenoxy) is 2. The van der Waals surface area contributed by atoms with Gasteiger partial charge in [-0.05, 0) is 26.7 Å². The van der Waals surface area contributed by atoms with Crippen molar-refractivity contribution in [3.05, 3.63) is 11.9 Å². The lowest BCUT2D eigenvalue weighted by Crippen LogP contribution is -2.42. The van der Waals surface area contributed by atoms with Gasteiger partial charge in [0.2, 0.25) is 11.8 Å². The summed E-state index contributed by atoms with van der Waals surface area (Å²) in [5.74, 6) is 1.16. The van der Waals surface area contributed by atoms with Crippen molar-refractivity contribution in [2.24, 2.45) is 5.73 Å². The average molecular weight is 251 g/mol. The summed E-state index contributed by atoms with van der Waals surface area (Å²) in [6.07, 6.45) is 5.88. The highest BCUT2D eigenvalue weighted by Crippen LogP contribution is 2.29. The molecule has 1 aliphatic carbocycles. The lowest BCUT2D eigenvalue weighted by molar-refractivity contribution is 0.209. The number of nitrogens with two attached hydrogens (primary N) is 1. The molecule has 1 aromatic heterocycles. The fourth-order valence-corrected chi connectivity index (χ4v) is 2.28. The van der Waals surface area contributed by atoms with Gasteiger partial charge in [-0.3, -0.25) is 0 Å². The third-order valence-electron chi connectivity index (χ3n) is 3.37. The topological polar surface area (TPSA) is 70.3 Å². The Morgan fingerprint density at radius 1 is 1.22 bits per heavy atom. The Morgan fingerprint density at radius 2 is 1.83 bits per heavy atom. The summed E-state index contributed by atoms with van der Waals surface area (Å²) in [5.41, 5.74) is 6.90. The Morgan fingerprint density at radius 3 is 2.44 bits per heavy atom. The number of aromatic nitrogens is 2. The van der Waals surface area contributed by atoms with Crippen LogP contribution in [-0.4, -0.2) is 28.7 Å². The minimum absolute atomic E-state index is 0.191. The van der Waals surface area contributed by atoms with Crippen LogP contribution in [0.3, 0.4) is 0 Å². The van der Waals surface area contributed by atoms with Gasteiger partial charge in [-0.1, -0.05) is 12.8 Å². The second-order valence-corrected chi connectivity index (χ2v) is 4.90. The van der Waals surface area contributed by atoms with Crippen molar-refractivity contribution in [3.63, 3.8) is 0 Å². The van der Waals surface area contributed by atoms with Gasteiger partial charge < -0.3 is 15.2 Å². The number of rotatable bonds is 5. The number of hydrogen-bond donors (Lipinski definition) is 1. The van der Waals surface area contributed by atoms with Crippen LogP contribution in [0.15, 0.2) is 6.33 Å². The second kappa shape index (κ2) is 5.52. The van der Waals surface area contributed by atoms with Crippen molar-refractivity contribution in [3.8, 4) is 11.8 Å². The van der Waals surface area contributed by atoms with E-state index in [2.05, 4.69) is 9.97 Å². The number of nitrogens with zero attached hydrogens (tertiary/aromatic N) is 2. The highest BCUT2D eigenvalue weighted by Gasteiger charge is 2.30. The Labute approximate surface area is 108 Å². The van der Waals surface area contributed by atoms with Gasteiger partial charge in [0.25, 0.3) is 0 Å². The van der Waals surface area contributed by atoms with E-state index in [1.165, 1.54) is 19.2 Å². The highest BCUT2D eigenvalue weighted by molar-refractivity contribution is 5.32. The largest absolute Gasteiger partial charge is 0.478 e. The SMILES string of the molecule is CCOc1ncnc(OCC2(N)CCCC2)c1C. The van der Waals surface area contributed by atoms with Crippen LogP contribution in [0.1, 0.15) is 38.2 Å². The molecule has 1 aliphatic rings. The fraction of sp³-hybridized carbons (Fsp3) is 0.692. The van der Waals surface area contributed by atoms with Crippen molar-refractivity contribution >= 4 is 0 Å². The first kappa shape index (κ1) is 13.1. The summed E-state index contributed by atoms with van der Waals surface area (Å²) in [5, 5.41) is 0. The van der Waals surface area contributed by atoms with Gasteiger partial charge in [0.1, 0.15) is 12.9 Å². The fourth-order valence-electron chi connectivity index (χ4n) is 2.28. The summed E-state index contributed by atoms with van der Waals surface area (Å²) in [6, 6.07) is 0. The van der Waals surface area contributed by atoms with E-state index in [9.17, 15) is 0 Å². The molecule has 1 aromatic rings. The average Bonchev–Trinajstić information content (AvgIpc) is 2.78. The zero-order chi connectivity index (χ0) is 13.0. The minimum atomic E-state index is -0.191. The first-order chi connectivity index (χ1) is 8.64. The van der Waals surface area contributed by atoms with E-state index in [1.54, 1.807) is 0 Å². The van der Waals surface area contributed by atoms with Crippen LogP contribution in [0.5, 0.6) is 11.8 Å². The van der Waals surface area contributed by atoms with Crippen LogP contribution in [0.25, 0.3) is 0 Å². The summed E-state index contributed by atoms with van der Waals surface area (Å²) >= 11 is 0. The van der Waals surface area contributed by atoms with E-state index in [0.29, 0.717) is 25.0 Å². The molecule has 0 bridgehead atoms. The molecule has 2 rings (SSSR count). The van der Waals surface area contributed by atoms with Crippen molar-refractivity contribution in [1.29, 1.82) is 0 Å². The molecule has 100 valence electrons. The molecule has 5 nitrogen and oxygen atoms in total. The van der Waals surface area contributed by atoms with Crippen molar-refractivity contribution < 1.29 is 9.47 Å². The van der Waals surface area contributed by atoms with Crippen LogP contribution in [-0.2, 0) is 0 Å². The van der Waals surface area contributed by atoms with Gasteiger partial charge in [-0.25, -0.2) is 9.97 Å². The maximum Gasteiger partial charge on any atom is 0.223 e. The summed E-state index contributed by atoms with van der Waals surface area (Å²) in [7, 11) is 0. The van der Waals surface area contributed by atoms with E-state index in [4.69, 9.17) is 15.2 Å². The molecule has 18 heavy (non-hydrogen) atoms. The Bertz CT molecular complexity index is 403. The molecule has 2 N–H and O–H groups in total. The van der Waals surface area contributed by atoms with Gasteiger partial charge in [-0.15, -0.1) is 0 Å². The molecule has 0 aromatic carbocycles. The molecule has 1 heterocycles. The van der Waals surface area contributed by atoms with E-state index < -0.39 is 0 Å². The first-order valence-electron chi connectivity index (χ1n) is 6.51. The smallest absolute Gasteiger partial charge is 0.223 e. The molecular formula is C13H21N3O2. The maximum atomic E-state index is 6.25. The summed E-state index contributed by atoms with van der Waals surface area (Å²) in [4.78, 5) is 8.23. The van der Waals surface area contributed by atoms with Crippen molar-refractivity contribution in [2.45, 2.75) is 45.1 Å². The molecule has 0 atom stereocenters. The van der Waals surface area contributed by atoms with Crippen LogP contribution in [0, 0.1) is 6.92 Å².